The van der Waals surface area contributed by atoms with Crippen LogP contribution in [0.4, 0.5) is 14.7 Å². The number of carbonyl (C=O) groups excluding carboxylic acids is 3. The van der Waals surface area contributed by atoms with Crippen molar-refractivity contribution in [3.05, 3.63) is 26.4 Å². The molecule has 0 unspecified atom stereocenters. The molecule has 4 rings (SSSR count). The predicted molar refractivity (Wildman–Crippen MR) is 150 cm³/mol. The van der Waals surface area contributed by atoms with Gasteiger partial charge in [-0.1, -0.05) is 11.6 Å². The molecule has 4 heterocycles. The number of carbonyl (C=O) groups is 3. The van der Waals surface area contributed by atoms with Gasteiger partial charge in [-0.05, 0) is 64.1 Å². The van der Waals surface area contributed by atoms with E-state index in [4.69, 9.17) is 21.1 Å². The number of nitrogens with zero attached hydrogens (tertiary/aromatic N) is 5. The van der Waals surface area contributed by atoms with Gasteiger partial charge in [0.25, 0.3) is 0 Å². The average Bonchev–Trinajstić information content (AvgIpc) is 3.37. The standard InChI is InChI=1S/C24H27ClIN5O5S/c1-23(2,3)35-21(33)29-7-8-30(16(32)11-29)20-28-15(12-37-20)13-9-27-19-17(18(13)25)14(26)10-31(19)22(34)36-24(4,5)6/h9-10,12H,7-8,11H2,1-6H3. The molecule has 1 fully saturated rings. The summed E-state index contributed by atoms with van der Waals surface area (Å²) in [6, 6.07) is 0. The maximum Gasteiger partial charge on any atom is 0.420 e. The van der Waals surface area contributed by atoms with Gasteiger partial charge in [-0.3, -0.25) is 14.6 Å². The number of hydrogen-bond donors (Lipinski definition) is 0. The predicted octanol–water partition coefficient (Wildman–Crippen LogP) is 5.78. The fraction of sp³-hybridized carbons (Fsp3) is 0.458. The van der Waals surface area contributed by atoms with Gasteiger partial charge in [0.2, 0.25) is 5.91 Å². The van der Waals surface area contributed by atoms with Crippen LogP contribution in [0, 0.1) is 3.57 Å². The molecule has 2 amide bonds. The summed E-state index contributed by atoms with van der Waals surface area (Å²) in [6.07, 6.45) is 2.14. The lowest BCUT2D eigenvalue weighted by Gasteiger charge is -2.34. The van der Waals surface area contributed by atoms with Crippen molar-refractivity contribution < 1.29 is 23.9 Å². The number of pyridine rings is 1. The summed E-state index contributed by atoms with van der Waals surface area (Å²) in [4.78, 5) is 49.9. The largest absolute Gasteiger partial charge is 0.444 e. The van der Waals surface area contributed by atoms with Gasteiger partial charge in [-0.25, -0.2) is 24.1 Å². The Hall–Kier alpha value is -2.45. The molecular formula is C24H27ClIN5O5S. The molecule has 3 aromatic heterocycles. The first kappa shape index (κ1) is 27.6. The van der Waals surface area contributed by atoms with Crippen molar-refractivity contribution in [3.8, 4) is 11.3 Å². The molecule has 0 saturated carbocycles. The monoisotopic (exact) mass is 659 g/mol. The van der Waals surface area contributed by atoms with Gasteiger partial charge in [-0.15, -0.1) is 11.3 Å². The highest BCUT2D eigenvalue weighted by Gasteiger charge is 2.32. The summed E-state index contributed by atoms with van der Waals surface area (Å²) in [5.41, 5.74) is 0.229. The second kappa shape index (κ2) is 10.0. The van der Waals surface area contributed by atoms with Crippen LogP contribution in [-0.2, 0) is 14.3 Å². The molecule has 13 heteroatoms. The first-order chi connectivity index (χ1) is 17.1. The Morgan fingerprint density at radius 2 is 1.73 bits per heavy atom. The van der Waals surface area contributed by atoms with Crippen molar-refractivity contribution >= 4 is 79.8 Å². The summed E-state index contributed by atoms with van der Waals surface area (Å²) in [6.45, 7) is 11.3. The van der Waals surface area contributed by atoms with Gasteiger partial charge in [0.15, 0.2) is 10.8 Å². The van der Waals surface area contributed by atoms with E-state index in [-0.39, 0.29) is 12.5 Å². The lowest BCUT2D eigenvalue weighted by atomic mass is 10.2. The number of amides is 2. The Morgan fingerprint density at radius 1 is 1.08 bits per heavy atom. The summed E-state index contributed by atoms with van der Waals surface area (Å²) in [7, 11) is 0. The van der Waals surface area contributed by atoms with E-state index in [0.717, 1.165) is 3.57 Å². The molecule has 10 nitrogen and oxygen atoms in total. The fourth-order valence-electron chi connectivity index (χ4n) is 3.61. The van der Waals surface area contributed by atoms with E-state index in [2.05, 4.69) is 32.6 Å². The van der Waals surface area contributed by atoms with Crippen LogP contribution < -0.4 is 4.90 Å². The number of fused-ring (bicyclic) bond motifs is 1. The molecule has 0 radical (unpaired) electrons. The zero-order chi connectivity index (χ0) is 27.3. The maximum absolute atomic E-state index is 12.8. The summed E-state index contributed by atoms with van der Waals surface area (Å²) >= 11 is 10.2. The molecule has 1 aliphatic rings. The minimum Gasteiger partial charge on any atom is -0.444 e. The second-order valence-electron chi connectivity index (χ2n) is 10.5. The van der Waals surface area contributed by atoms with Gasteiger partial charge in [0, 0.05) is 40.0 Å². The zero-order valence-corrected chi connectivity index (χ0v) is 25.0. The molecule has 0 aromatic carbocycles. The first-order valence-electron chi connectivity index (χ1n) is 11.5. The van der Waals surface area contributed by atoms with Crippen LogP contribution in [0.2, 0.25) is 5.02 Å². The number of rotatable bonds is 2. The molecule has 0 spiro atoms. The van der Waals surface area contributed by atoms with Crippen LogP contribution in [0.25, 0.3) is 22.3 Å². The lowest BCUT2D eigenvalue weighted by Crippen LogP contribution is -2.53. The second-order valence-corrected chi connectivity index (χ2v) is 12.9. The number of anilines is 1. The third-order valence-corrected chi connectivity index (χ3v) is 7.24. The molecule has 0 bridgehead atoms. The van der Waals surface area contributed by atoms with Gasteiger partial charge >= 0.3 is 12.2 Å². The first-order valence-corrected chi connectivity index (χ1v) is 13.8. The lowest BCUT2D eigenvalue weighted by molar-refractivity contribution is -0.121. The average molecular weight is 660 g/mol. The highest BCUT2D eigenvalue weighted by Crippen LogP contribution is 2.38. The number of halogens is 2. The van der Waals surface area contributed by atoms with E-state index < -0.39 is 23.4 Å². The van der Waals surface area contributed by atoms with E-state index in [1.807, 2.05) is 0 Å². The van der Waals surface area contributed by atoms with Crippen LogP contribution in [0.5, 0.6) is 0 Å². The summed E-state index contributed by atoms with van der Waals surface area (Å²) < 4.78 is 12.9. The van der Waals surface area contributed by atoms with Crippen LogP contribution in [0.3, 0.4) is 0 Å². The Labute approximate surface area is 237 Å². The minimum atomic E-state index is -0.657. The fourth-order valence-corrected chi connectivity index (χ4v) is 5.76. The maximum atomic E-state index is 12.8. The van der Waals surface area contributed by atoms with Crippen LogP contribution in [0.15, 0.2) is 17.8 Å². The topological polar surface area (TPSA) is 107 Å². The van der Waals surface area contributed by atoms with Gasteiger partial charge < -0.3 is 9.47 Å². The van der Waals surface area contributed by atoms with Crippen LogP contribution in [-0.4, -0.2) is 68.4 Å². The molecule has 3 aromatic rings. The van der Waals surface area contributed by atoms with E-state index in [1.165, 1.54) is 20.8 Å². The molecule has 198 valence electrons. The van der Waals surface area contributed by atoms with Crippen molar-refractivity contribution in [2.75, 3.05) is 24.5 Å². The quantitative estimate of drug-likeness (QED) is 0.321. The Morgan fingerprint density at radius 3 is 2.35 bits per heavy atom. The van der Waals surface area contributed by atoms with Crippen molar-refractivity contribution in [2.24, 2.45) is 0 Å². The van der Waals surface area contributed by atoms with E-state index >= 15 is 0 Å². The highest BCUT2D eigenvalue weighted by molar-refractivity contribution is 14.1. The molecule has 37 heavy (non-hydrogen) atoms. The van der Waals surface area contributed by atoms with Crippen molar-refractivity contribution in [3.63, 3.8) is 0 Å². The van der Waals surface area contributed by atoms with Gasteiger partial charge in [0.1, 0.15) is 17.7 Å². The Kier molecular flexibility index (Phi) is 7.47. The molecule has 0 N–H and O–H groups in total. The summed E-state index contributed by atoms with van der Waals surface area (Å²) in [5, 5.41) is 3.31. The summed E-state index contributed by atoms with van der Waals surface area (Å²) in [5.74, 6) is -0.248. The Bertz CT molecular complexity index is 1390. The van der Waals surface area contributed by atoms with Crippen LogP contribution >= 0.6 is 45.5 Å². The third kappa shape index (κ3) is 6.01. The molecule has 0 aliphatic carbocycles. The number of hydrogen-bond acceptors (Lipinski definition) is 8. The molecule has 0 atom stereocenters. The van der Waals surface area contributed by atoms with E-state index in [0.29, 0.717) is 45.5 Å². The van der Waals surface area contributed by atoms with Crippen molar-refractivity contribution in [2.45, 2.75) is 52.7 Å². The number of aromatic nitrogens is 3. The normalized spacial score (nSPS) is 14.9. The smallest absolute Gasteiger partial charge is 0.420 e. The number of thiazole rings is 1. The van der Waals surface area contributed by atoms with Crippen molar-refractivity contribution in [1.29, 1.82) is 0 Å². The molecular weight excluding hydrogens is 633 g/mol. The number of ether oxygens (including phenoxy) is 2. The molecule has 1 aliphatic heterocycles. The van der Waals surface area contributed by atoms with Gasteiger partial charge in [0.05, 0.1) is 16.1 Å². The third-order valence-electron chi connectivity index (χ3n) is 5.17. The SMILES string of the molecule is CC(C)(C)OC(=O)N1CCN(c2nc(-c3cnc4c(c(I)cn4C(=O)OC(C)(C)C)c3Cl)cs2)C(=O)C1. The number of piperazine rings is 1. The highest BCUT2D eigenvalue weighted by atomic mass is 127. The van der Waals surface area contributed by atoms with Crippen LogP contribution in [0.1, 0.15) is 41.5 Å². The van der Waals surface area contributed by atoms with E-state index in [9.17, 15) is 14.4 Å². The van der Waals surface area contributed by atoms with Gasteiger partial charge in [-0.2, -0.15) is 0 Å². The van der Waals surface area contributed by atoms with E-state index in [1.54, 1.807) is 64.2 Å². The Balaban J connectivity index is 1.56. The minimum absolute atomic E-state index is 0.0888. The van der Waals surface area contributed by atoms with Crippen molar-refractivity contribution in [1.82, 2.24) is 19.4 Å². The molecule has 1 saturated heterocycles. The zero-order valence-electron chi connectivity index (χ0n) is 21.3.